The van der Waals surface area contributed by atoms with Crippen LogP contribution < -0.4 is 5.32 Å². The lowest BCUT2D eigenvalue weighted by Gasteiger charge is -2.09. The first-order valence-corrected chi connectivity index (χ1v) is 7.90. The van der Waals surface area contributed by atoms with Crippen LogP contribution in [0.1, 0.15) is 17.5 Å². The van der Waals surface area contributed by atoms with E-state index >= 15 is 0 Å². The zero-order valence-electron chi connectivity index (χ0n) is 10.8. The molecule has 0 unspecified atom stereocenters. The molecule has 0 aliphatic carbocycles. The molecule has 0 aromatic heterocycles. The van der Waals surface area contributed by atoms with Crippen molar-refractivity contribution in [1.29, 1.82) is 0 Å². The van der Waals surface area contributed by atoms with Crippen LogP contribution in [0, 0.1) is 12.8 Å². The molecule has 1 N–H and O–H groups in total. The van der Waals surface area contributed by atoms with Gasteiger partial charge >= 0.3 is 0 Å². The van der Waals surface area contributed by atoms with Gasteiger partial charge < -0.3 is 5.32 Å². The lowest BCUT2D eigenvalue weighted by atomic mass is 10.1. The van der Waals surface area contributed by atoms with Gasteiger partial charge in [-0.3, -0.25) is 4.79 Å². The number of nitrogens with one attached hydrogen (secondary N) is 1. The molecule has 1 aliphatic rings. The Morgan fingerprint density at radius 1 is 1.37 bits per heavy atom. The highest BCUT2D eigenvalue weighted by Gasteiger charge is 2.23. The van der Waals surface area contributed by atoms with Gasteiger partial charge in [-0.1, -0.05) is 30.3 Å². The van der Waals surface area contributed by atoms with Crippen molar-refractivity contribution >= 4 is 15.7 Å². The molecule has 102 valence electrons. The summed E-state index contributed by atoms with van der Waals surface area (Å²) in [5.41, 5.74) is 2.21. The minimum absolute atomic E-state index is 0.0464. The van der Waals surface area contributed by atoms with E-state index in [1.807, 2.05) is 31.2 Å². The molecule has 0 fully saturated rings. The van der Waals surface area contributed by atoms with Crippen molar-refractivity contribution < 1.29 is 13.2 Å². The van der Waals surface area contributed by atoms with Gasteiger partial charge in [0.2, 0.25) is 5.91 Å². The Bertz CT molecular complexity index is 605. The molecular formula is C14H17NO3S. The summed E-state index contributed by atoms with van der Waals surface area (Å²) in [6.07, 6.45) is 1.82. The molecule has 0 saturated carbocycles. The first-order valence-electron chi connectivity index (χ1n) is 6.18. The Kier molecular flexibility index (Phi) is 4.04. The lowest BCUT2D eigenvalue weighted by molar-refractivity contribution is -0.121. The molecule has 0 saturated heterocycles. The van der Waals surface area contributed by atoms with Gasteiger partial charge in [0.1, 0.15) is 0 Å². The Hall–Kier alpha value is -1.62. The fraction of sp³-hybridized carbons (Fsp3) is 0.357. The van der Waals surface area contributed by atoms with Gasteiger partial charge in [0.25, 0.3) is 0 Å². The second-order valence-electron chi connectivity index (χ2n) is 4.83. The van der Waals surface area contributed by atoms with Gasteiger partial charge in [0.05, 0.1) is 5.75 Å². The second kappa shape index (κ2) is 5.57. The van der Waals surface area contributed by atoms with E-state index in [0.29, 0.717) is 6.54 Å². The van der Waals surface area contributed by atoms with Crippen molar-refractivity contribution in [2.45, 2.75) is 19.9 Å². The van der Waals surface area contributed by atoms with Crippen LogP contribution in [-0.2, 0) is 21.2 Å². The largest absolute Gasteiger partial charge is 0.352 e. The highest BCUT2D eigenvalue weighted by molar-refractivity contribution is 7.94. The standard InChI is InChI=1S/C14H17NO3S/c1-11-4-2-3-5-13(11)9-15-14(16)8-12-6-7-19(17,18)10-12/h2-7,12H,8-10H2,1H3,(H,15,16)/t12-/m0/s1. The van der Waals surface area contributed by atoms with Crippen LogP contribution in [-0.4, -0.2) is 20.1 Å². The van der Waals surface area contributed by atoms with Crippen LogP contribution in [0.3, 0.4) is 0 Å². The van der Waals surface area contributed by atoms with Crippen LogP contribution in [0.2, 0.25) is 0 Å². The molecule has 1 aromatic carbocycles. The van der Waals surface area contributed by atoms with E-state index in [9.17, 15) is 13.2 Å². The van der Waals surface area contributed by atoms with Crippen LogP contribution in [0.25, 0.3) is 0 Å². The summed E-state index contributed by atoms with van der Waals surface area (Å²) in [5.74, 6) is -0.262. The summed E-state index contributed by atoms with van der Waals surface area (Å²) in [5, 5.41) is 4.03. The summed E-state index contributed by atoms with van der Waals surface area (Å²) in [6, 6.07) is 7.85. The third-order valence-corrected chi connectivity index (χ3v) is 4.65. The molecule has 1 aliphatic heterocycles. The van der Waals surface area contributed by atoms with Crippen LogP contribution in [0.4, 0.5) is 0 Å². The number of benzene rings is 1. The molecule has 1 heterocycles. The van der Waals surface area contributed by atoms with E-state index in [2.05, 4.69) is 5.32 Å². The second-order valence-corrected chi connectivity index (χ2v) is 6.76. The van der Waals surface area contributed by atoms with Crippen LogP contribution in [0.5, 0.6) is 0 Å². The molecule has 0 spiro atoms. The number of hydrogen-bond donors (Lipinski definition) is 1. The minimum Gasteiger partial charge on any atom is -0.352 e. The van der Waals surface area contributed by atoms with Crippen molar-refractivity contribution in [2.24, 2.45) is 5.92 Å². The first kappa shape index (κ1) is 13.8. The highest BCUT2D eigenvalue weighted by Crippen LogP contribution is 2.18. The zero-order chi connectivity index (χ0) is 13.9. The minimum atomic E-state index is -3.08. The smallest absolute Gasteiger partial charge is 0.220 e. The third-order valence-electron chi connectivity index (χ3n) is 3.19. The molecular weight excluding hydrogens is 262 g/mol. The van der Waals surface area contributed by atoms with Crippen molar-refractivity contribution in [3.8, 4) is 0 Å². The number of aryl methyl sites for hydroxylation is 1. The predicted octanol–water partition coefficient (Wildman–Crippen LogP) is 1.56. The number of amides is 1. The fourth-order valence-electron chi connectivity index (χ4n) is 2.08. The maximum absolute atomic E-state index is 11.8. The van der Waals surface area contributed by atoms with Crippen molar-refractivity contribution in [1.82, 2.24) is 5.32 Å². The molecule has 1 aromatic rings. The van der Waals surface area contributed by atoms with E-state index in [4.69, 9.17) is 0 Å². The van der Waals surface area contributed by atoms with E-state index in [1.54, 1.807) is 6.08 Å². The Labute approximate surface area is 113 Å². The molecule has 2 rings (SSSR count). The number of carbonyl (C=O) groups is 1. The zero-order valence-corrected chi connectivity index (χ0v) is 11.6. The maximum Gasteiger partial charge on any atom is 0.220 e. The summed E-state index contributed by atoms with van der Waals surface area (Å²) in [4.78, 5) is 11.8. The molecule has 1 amide bonds. The maximum atomic E-state index is 11.8. The quantitative estimate of drug-likeness (QED) is 0.909. The SMILES string of the molecule is Cc1ccccc1CNC(=O)C[C@@H]1C=CS(=O)(=O)C1. The number of carbonyl (C=O) groups excluding carboxylic acids is 1. The summed E-state index contributed by atoms with van der Waals surface area (Å²) in [7, 11) is -3.08. The van der Waals surface area contributed by atoms with Crippen molar-refractivity contribution in [3.63, 3.8) is 0 Å². The molecule has 4 nitrogen and oxygen atoms in total. The fourth-order valence-corrected chi connectivity index (χ4v) is 3.48. The van der Waals surface area contributed by atoms with Crippen molar-refractivity contribution in [3.05, 3.63) is 46.9 Å². The first-order chi connectivity index (χ1) is 8.96. The highest BCUT2D eigenvalue weighted by atomic mass is 32.2. The van der Waals surface area contributed by atoms with E-state index in [1.165, 1.54) is 5.41 Å². The summed E-state index contributed by atoms with van der Waals surface area (Å²) < 4.78 is 22.5. The van der Waals surface area contributed by atoms with Gasteiger partial charge in [-0.15, -0.1) is 0 Å². The van der Waals surface area contributed by atoms with Gasteiger partial charge in [-0.2, -0.15) is 0 Å². The normalized spacial score (nSPS) is 20.4. The Morgan fingerprint density at radius 3 is 2.74 bits per heavy atom. The predicted molar refractivity (Wildman–Crippen MR) is 74.1 cm³/mol. The van der Waals surface area contributed by atoms with Gasteiger partial charge in [-0.05, 0) is 18.1 Å². The number of sulfone groups is 1. The summed E-state index contributed by atoms with van der Waals surface area (Å²) >= 11 is 0. The molecule has 5 heteroatoms. The van der Waals surface area contributed by atoms with E-state index in [0.717, 1.165) is 11.1 Å². The van der Waals surface area contributed by atoms with Crippen LogP contribution in [0.15, 0.2) is 35.7 Å². The van der Waals surface area contributed by atoms with E-state index in [-0.39, 0.29) is 24.0 Å². The lowest BCUT2D eigenvalue weighted by Crippen LogP contribution is -2.25. The Balaban J connectivity index is 1.83. The number of hydrogen-bond acceptors (Lipinski definition) is 3. The molecule has 0 bridgehead atoms. The van der Waals surface area contributed by atoms with Crippen LogP contribution >= 0.6 is 0 Å². The topological polar surface area (TPSA) is 63.2 Å². The van der Waals surface area contributed by atoms with E-state index < -0.39 is 9.84 Å². The molecule has 19 heavy (non-hydrogen) atoms. The Morgan fingerprint density at radius 2 is 2.11 bits per heavy atom. The average Bonchev–Trinajstić information content (AvgIpc) is 2.67. The average molecular weight is 279 g/mol. The van der Waals surface area contributed by atoms with Crippen molar-refractivity contribution in [2.75, 3.05) is 5.75 Å². The number of rotatable bonds is 4. The molecule has 1 atom stereocenters. The summed E-state index contributed by atoms with van der Waals surface area (Å²) in [6.45, 7) is 2.47. The molecule has 0 radical (unpaired) electrons. The van der Waals surface area contributed by atoms with Gasteiger partial charge in [-0.25, -0.2) is 8.42 Å². The van der Waals surface area contributed by atoms with Gasteiger partial charge in [0.15, 0.2) is 9.84 Å². The third kappa shape index (κ3) is 3.92. The number of allylic oxidation sites excluding steroid dienone is 1. The van der Waals surface area contributed by atoms with Gasteiger partial charge in [0, 0.05) is 24.3 Å². The monoisotopic (exact) mass is 279 g/mol.